The largest absolute Gasteiger partial charge is 0.461 e. The molecule has 0 unspecified atom stereocenters. The molecule has 2 fully saturated rings. The Morgan fingerprint density at radius 2 is 1.95 bits per heavy atom. The number of imide groups is 1. The normalized spacial score (nSPS) is 31.4. The van der Waals surface area contributed by atoms with Gasteiger partial charge in [0.15, 0.2) is 0 Å². The lowest BCUT2D eigenvalue weighted by molar-refractivity contribution is -0.148. The number of carbonyl (C=O) groups is 3. The number of carbonyl (C=O) groups excluding carboxylic acids is 3. The van der Waals surface area contributed by atoms with Crippen LogP contribution in [-0.2, 0) is 19.9 Å². The van der Waals surface area contributed by atoms with Gasteiger partial charge in [-0.15, -0.1) is 0 Å². The van der Waals surface area contributed by atoms with E-state index in [0.717, 1.165) is 10.5 Å². The van der Waals surface area contributed by atoms with Crippen LogP contribution >= 0.6 is 0 Å². The van der Waals surface area contributed by atoms with Gasteiger partial charge in [-0.1, -0.05) is 37.3 Å². The van der Waals surface area contributed by atoms with Crippen molar-refractivity contribution in [2.75, 3.05) is 0 Å². The highest BCUT2D eigenvalue weighted by Gasteiger charge is 2.56. The zero-order valence-electron chi connectivity index (χ0n) is 12.5. The fourth-order valence-corrected chi connectivity index (χ4v) is 3.19. The van der Waals surface area contributed by atoms with Crippen LogP contribution in [0.5, 0.6) is 0 Å². The first-order valence-corrected chi connectivity index (χ1v) is 7.41. The summed E-state index contributed by atoms with van der Waals surface area (Å²) >= 11 is 0. The van der Waals surface area contributed by atoms with Gasteiger partial charge in [-0.25, -0.2) is 14.5 Å². The van der Waals surface area contributed by atoms with Gasteiger partial charge in [0.2, 0.25) is 0 Å². The number of amides is 3. The van der Waals surface area contributed by atoms with Crippen molar-refractivity contribution in [2.45, 2.75) is 44.4 Å². The molecule has 2 saturated heterocycles. The highest BCUT2D eigenvalue weighted by molar-refractivity contribution is 6.10. The summed E-state index contributed by atoms with van der Waals surface area (Å²) in [7, 11) is 0. The van der Waals surface area contributed by atoms with E-state index >= 15 is 0 Å². The van der Waals surface area contributed by atoms with Crippen molar-refractivity contribution >= 4 is 17.9 Å². The molecule has 0 aromatic heterocycles. The number of rotatable bonds is 3. The van der Waals surface area contributed by atoms with Crippen LogP contribution in [-0.4, -0.2) is 35.0 Å². The Labute approximate surface area is 128 Å². The quantitative estimate of drug-likeness (QED) is 0.679. The third-order valence-corrected chi connectivity index (χ3v) is 4.38. The summed E-state index contributed by atoms with van der Waals surface area (Å²) in [6.45, 7) is 3.59. The molecule has 1 aromatic rings. The molecule has 3 atom stereocenters. The van der Waals surface area contributed by atoms with Crippen molar-refractivity contribution in [3.8, 4) is 0 Å². The van der Waals surface area contributed by atoms with Gasteiger partial charge >= 0.3 is 12.0 Å². The average Bonchev–Trinajstić information content (AvgIpc) is 2.96. The van der Waals surface area contributed by atoms with Gasteiger partial charge in [0.05, 0.1) is 0 Å². The molecular formula is C16H18N2O4. The molecule has 0 radical (unpaired) electrons. The highest BCUT2D eigenvalue weighted by atomic mass is 16.6. The Morgan fingerprint density at radius 1 is 1.27 bits per heavy atom. The zero-order valence-corrected chi connectivity index (χ0v) is 12.5. The molecule has 3 amide bonds. The molecule has 0 saturated carbocycles. The predicted molar refractivity (Wildman–Crippen MR) is 77.7 cm³/mol. The molecule has 2 heterocycles. The number of esters is 1. The summed E-state index contributed by atoms with van der Waals surface area (Å²) in [5.74, 6) is -0.904. The summed E-state index contributed by atoms with van der Waals surface area (Å²) in [6, 6.07) is 7.73. The second-order valence-corrected chi connectivity index (χ2v) is 5.73. The van der Waals surface area contributed by atoms with Crippen LogP contribution in [0.3, 0.4) is 0 Å². The number of nitrogens with zero attached hydrogens (tertiary/aromatic N) is 1. The van der Waals surface area contributed by atoms with Crippen molar-refractivity contribution in [1.82, 2.24) is 10.2 Å². The van der Waals surface area contributed by atoms with Crippen LogP contribution in [0, 0.1) is 0 Å². The van der Waals surface area contributed by atoms with Gasteiger partial charge in [0.1, 0.15) is 17.7 Å². The molecule has 6 nitrogen and oxygen atoms in total. The molecule has 1 aromatic carbocycles. The van der Waals surface area contributed by atoms with Gasteiger partial charge in [-0.3, -0.25) is 4.79 Å². The SMILES string of the molecule is CC[C@]1(c2ccccc2)NC(=O)N([C@H]2C[C@H](C)OC2=O)C1=O. The predicted octanol–water partition coefficient (Wildman–Crippen LogP) is 1.55. The summed E-state index contributed by atoms with van der Waals surface area (Å²) in [4.78, 5) is 38.2. The van der Waals surface area contributed by atoms with E-state index in [1.165, 1.54) is 0 Å². The number of ether oxygens (including phenoxy) is 1. The Morgan fingerprint density at radius 3 is 2.50 bits per heavy atom. The van der Waals surface area contributed by atoms with Crippen molar-refractivity contribution in [3.05, 3.63) is 35.9 Å². The number of benzene rings is 1. The second-order valence-electron chi connectivity index (χ2n) is 5.73. The molecule has 0 aliphatic carbocycles. The maximum Gasteiger partial charge on any atom is 0.329 e. The minimum absolute atomic E-state index is 0.286. The molecule has 116 valence electrons. The van der Waals surface area contributed by atoms with E-state index in [2.05, 4.69) is 5.32 Å². The number of cyclic esters (lactones) is 1. The standard InChI is InChI=1S/C16H18N2O4/c1-3-16(11-7-5-4-6-8-11)14(20)18(15(21)17-16)12-9-10(2)22-13(12)19/h4-8,10,12H,3,9H2,1-2H3,(H,17,21)/t10-,12-,16+/m0/s1. The monoisotopic (exact) mass is 302 g/mol. The molecule has 3 rings (SSSR count). The molecule has 0 spiro atoms. The Balaban J connectivity index is 1.98. The van der Waals surface area contributed by atoms with Crippen LogP contribution < -0.4 is 5.32 Å². The lowest BCUT2D eigenvalue weighted by Gasteiger charge is -2.26. The number of hydrogen-bond donors (Lipinski definition) is 1. The molecule has 22 heavy (non-hydrogen) atoms. The average molecular weight is 302 g/mol. The third-order valence-electron chi connectivity index (χ3n) is 4.38. The van der Waals surface area contributed by atoms with E-state index in [-0.39, 0.29) is 12.0 Å². The summed E-state index contributed by atoms with van der Waals surface area (Å²) in [5, 5.41) is 2.78. The molecule has 6 heteroatoms. The maximum absolute atomic E-state index is 12.9. The first kappa shape index (κ1) is 14.6. The van der Waals surface area contributed by atoms with Crippen molar-refractivity contribution in [3.63, 3.8) is 0 Å². The summed E-state index contributed by atoms with van der Waals surface area (Å²) in [5.41, 5.74) is -0.387. The van der Waals surface area contributed by atoms with Crippen molar-refractivity contribution < 1.29 is 19.1 Å². The van der Waals surface area contributed by atoms with E-state index in [4.69, 9.17) is 4.74 Å². The maximum atomic E-state index is 12.9. The Kier molecular flexibility index (Phi) is 3.39. The molecule has 0 bridgehead atoms. The first-order chi connectivity index (χ1) is 10.5. The lowest BCUT2D eigenvalue weighted by Crippen LogP contribution is -2.46. The van der Waals surface area contributed by atoms with Crippen molar-refractivity contribution in [1.29, 1.82) is 0 Å². The van der Waals surface area contributed by atoms with Crippen LogP contribution in [0.25, 0.3) is 0 Å². The van der Waals surface area contributed by atoms with Crippen LogP contribution in [0.2, 0.25) is 0 Å². The van der Waals surface area contributed by atoms with Gasteiger partial charge in [0.25, 0.3) is 5.91 Å². The molecular weight excluding hydrogens is 284 g/mol. The van der Waals surface area contributed by atoms with E-state index in [1.54, 1.807) is 19.1 Å². The van der Waals surface area contributed by atoms with E-state index < -0.39 is 23.6 Å². The minimum atomic E-state index is -1.11. The lowest BCUT2D eigenvalue weighted by atomic mass is 9.87. The van der Waals surface area contributed by atoms with Crippen molar-refractivity contribution in [2.24, 2.45) is 0 Å². The molecule has 2 aliphatic rings. The smallest absolute Gasteiger partial charge is 0.329 e. The van der Waals surface area contributed by atoms with E-state index in [0.29, 0.717) is 12.8 Å². The Bertz CT molecular complexity index is 630. The zero-order chi connectivity index (χ0) is 15.9. The molecule has 2 aliphatic heterocycles. The summed E-state index contributed by atoms with van der Waals surface area (Å²) in [6.07, 6.45) is 0.466. The van der Waals surface area contributed by atoms with Gasteiger partial charge < -0.3 is 10.1 Å². The van der Waals surface area contributed by atoms with E-state index in [9.17, 15) is 14.4 Å². The first-order valence-electron chi connectivity index (χ1n) is 7.41. The number of nitrogens with one attached hydrogen (secondary N) is 1. The summed E-state index contributed by atoms with van der Waals surface area (Å²) < 4.78 is 5.08. The topological polar surface area (TPSA) is 75.7 Å². The van der Waals surface area contributed by atoms with Crippen LogP contribution in [0.4, 0.5) is 4.79 Å². The fraction of sp³-hybridized carbons (Fsp3) is 0.438. The second kappa shape index (κ2) is 5.12. The molecule has 1 N–H and O–H groups in total. The Hall–Kier alpha value is -2.37. The number of hydrogen-bond acceptors (Lipinski definition) is 4. The highest BCUT2D eigenvalue weighted by Crippen LogP contribution is 2.35. The third kappa shape index (κ3) is 1.98. The number of urea groups is 1. The van der Waals surface area contributed by atoms with Gasteiger partial charge in [0, 0.05) is 6.42 Å². The fourth-order valence-electron chi connectivity index (χ4n) is 3.19. The van der Waals surface area contributed by atoms with E-state index in [1.807, 2.05) is 25.1 Å². The van der Waals surface area contributed by atoms with Gasteiger partial charge in [-0.2, -0.15) is 0 Å². The van der Waals surface area contributed by atoms with Crippen LogP contribution in [0.15, 0.2) is 30.3 Å². The minimum Gasteiger partial charge on any atom is -0.461 e. The van der Waals surface area contributed by atoms with Crippen LogP contribution in [0.1, 0.15) is 32.3 Å². The van der Waals surface area contributed by atoms with Gasteiger partial charge in [-0.05, 0) is 18.9 Å².